The van der Waals surface area contributed by atoms with Gasteiger partial charge < -0.3 is 19.3 Å². The molecule has 0 saturated heterocycles. The van der Waals surface area contributed by atoms with Crippen molar-refractivity contribution in [2.24, 2.45) is 0 Å². The molecule has 0 bridgehead atoms. The molecule has 5 nitrogen and oxygen atoms in total. The lowest BCUT2D eigenvalue weighted by molar-refractivity contribution is -0.908. The van der Waals surface area contributed by atoms with E-state index in [0.29, 0.717) is 12.3 Å². The first-order valence-corrected chi connectivity index (χ1v) is 8.98. The van der Waals surface area contributed by atoms with Crippen LogP contribution in [0.5, 0.6) is 11.5 Å². The average molecular weight is 355 g/mol. The van der Waals surface area contributed by atoms with Crippen LogP contribution in [-0.2, 0) is 17.8 Å². The molecule has 1 amide bonds. The first-order valence-electron chi connectivity index (χ1n) is 8.98. The lowest BCUT2D eigenvalue weighted by atomic mass is 10.1. The van der Waals surface area contributed by atoms with Crippen LogP contribution in [0.15, 0.2) is 42.5 Å². The summed E-state index contributed by atoms with van der Waals surface area (Å²) in [5.41, 5.74) is 3.34. The summed E-state index contributed by atoms with van der Waals surface area (Å²) in [5.74, 6) is 1.61. The van der Waals surface area contributed by atoms with E-state index in [1.165, 1.54) is 5.56 Å². The van der Waals surface area contributed by atoms with Crippen LogP contribution in [0.3, 0.4) is 0 Å². The summed E-state index contributed by atoms with van der Waals surface area (Å²) in [7, 11) is 5.32. The van der Waals surface area contributed by atoms with Crippen molar-refractivity contribution in [3.63, 3.8) is 0 Å². The highest BCUT2D eigenvalue weighted by molar-refractivity contribution is 5.97. The second kappa shape index (κ2) is 7.79. The monoisotopic (exact) mass is 355 g/mol. The normalized spacial score (nSPS) is 15.3. The van der Waals surface area contributed by atoms with Gasteiger partial charge in [-0.05, 0) is 37.1 Å². The third-order valence-electron chi connectivity index (χ3n) is 5.22. The zero-order chi connectivity index (χ0) is 18.7. The minimum absolute atomic E-state index is 0.155. The fourth-order valence-electron chi connectivity index (χ4n) is 3.56. The van der Waals surface area contributed by atoms with Crippen LogP contribution in [0.4, 0.5) is 5.69 Å². The van der Waals surface area contributed by atoms with Gasteiger partial charge in [0, 0.05) is 12.2 Å². The third kappa shape index (κ3) is 3.40. The van der Waals surface area contributed by atoms with Gasteiger partial charge in [-0.1, -0.05) is 24.3 Å². The van der Waals surface area contributed by atoms with E-state index >= 15 is 0 Å². The van der Waals surface area contributed by atoms with Gasteiger partial charge in [-0.25, -0.2) is 0 Å². The van der Waals surface area contributed by atoms with E-state index < -0.39 is 0 Å². The van der Waals surface area contributed by atoms with Crippen molar-refractivity contribution in [1.82, 2.24) is 0 Å². The van der Waals surface area contributed by atoms with Gasteiger partial charge in [-0.3, -0.25) is 4.79 Å². The molecule has 26 heavy (non-hydrogen) atoms. The summed E-state index contributed by atoms with van der Waals surface area (Å²) in [6.45, 7) is 3.44. The number of methoxy groups -OCH3 is 2. The fourth-order valence-corrected chi connectivity index (χ4v) is 3.56. The number of quaternary nitrogens is 1. The maximum Gasteiger partial charge on any atom is 0.284 e. The van der Waals surface area contributed by atoms with E-state index in [9.17, 15) is 4.79 Å². The molecule has 2 aromatic rings. The molecule has 1 heterocycles. The summed E-state index contributed by atoms with van der Waals surface area (Å²) in [5, 5.41) is 0. The van der Waals surface area contributed by atoms with Crippen molar-refractivity contribution in [1.29, 1.82) is 0 Å². The Balaban J connectivity index is 1.75. The van der Waals surface area contributed by atoms with Crippen molar-refractivity contribution in [2.45, 2.75) is 25.9 Å². The molecule has 0 aromatic heterocycles. The Morgan fingerprint density at radius 2 is 1.92 bits per heavy atom. The smallest absolute Gasteiger partial charge is 0.284 e. The molecule has 1 N–H and O–H groups in total. The molecule has 1 aliphatic heterocycles. The predicted molar refractivity (Wildman–Crippen MR) is 102 cm³/mol. The molecule has 0 spiro atoms. The highest BCUT2D eigenvalue weighted by Crippen LogP contribution is 2.30. The topological polar surface area (TPSA) is 43.2 Å². The summed E-state index contributed by atoms with van der Waals surface area (Å²) in [6.07, 6.45) is 0.928. The number of benzene rings is 2. The molecule has 1 aliphatic rings. The zero-order valence-electron chi connectivity index (χ0n) is 15.9. The van der Waals surface area contributed by atoms with Gasteiger partial charge in [-0.2, -0.15) is 0 Å². The van der Waals surface area contributed by atoms with Crippen molar-refractivity contribution in [3.05, 3.63) is 53.6 Å². The van der Waals surface area contributed by atoms with E-state index in [-0.39, 0.29) is 11.9 Å². The predicted octanol–water partition coefficient (Wildman–Crippen LogP) is 1.70. The summed E-state index contributed by atoms with van der Waals surface area (Å²) < 4.78 is 10.9. The number of carbonyl (C=O) groups is 1. The molecule has 0 fully saturated rings. The summed E-state index contributed by atoms with van der Waals surface area (Å²) in [6, 6.07) is 13.9. The number of nitrogens with one attached hydrogen (secondary N) is 1. The number of carbonyl (C=O) groups excluding carboxylic acids is 1. The lowest BCUT2D eigenvalue weighted by Gasteiger charge is -2.26. The zero-order valence-corrected chi connectivity index (χ0v) is 15.9. The molecule has 2 atom stereocenters. The molecule has 3 rings (SSSR count). The van der Waals surface area contributed by atoms with Crippen molar-refractivity contribution < 1.29 is 19.2 Å². The molecular weight excluding hydrogens is 328 g/mol. The Hall–Kier alpha value is -2.53. The molecular formula is C21H27N2O3+. The standard InChI is InChI=1S/C21H26N2O3/c1-15(21(24)23-13-12-16-8-5-6-10-18(16)23)22(2)14-17-9-7-11-19(25-3)20(17)26-4/h5-11,15H,12-14H2,1-4H3/p+1/t15-/m0/s1. The average Bonchev–Trinajstić information content (AvgIpc) is 3.10. The number of nitrogens with zero attached hydrogens (tertiary/aromatic N) is 1. The number of hydrogen-bond donors (Lipinski definition) is 1. The molecule has 2 aromatic carbocycles. The number of ether oxygens (including phenoxy) is 2. The lowest BCUT2D eigenvalue weighted by Crippen LogP contribution is -3.12. The minimum atomic E-state index is -0.155. The Labute approximate surface area is 155 Å². The Kier molecular flexibility index (Phi) is 5.47. The van der Waals surface area contributed by atoms with Gasteiger partial charge in [0.15, 0.2) is 17.5 Å². The second-order valence-electron chi connectivity index (χ2n) is 6.77. The van der Waals surface area contributed by atoms with Gasteiger partial charge in [0.1, 0.15) is 6.54 Å². The fraction of sp³-hybridized carbons (Fsp3) is 0.381. The largest absolute Gasteiger partial charge is 0.493 e. The van der Waals surface area contributed by atoms with Gasteiger partial charge in [0.05, 0.1) is 26.8 Å². The van der Waals surface area contributed by atoms with E-state index in [1.54, 1.807) is 14.2 Å². The highest BCUT2D eigenvalue weighted by Gasteiger charge is 2.32. The first-order chi connectivity index (χ1) is 12.6. The van der Waals surface area contributed by atoms with Crippen LogP contribution in [0.2, 0.25) is 0 Å². The van der Waals surface area contributed by atoms with Crippen LogP contribution in [0.1, 0.15) is 18.1 Å². The van der Waals surface area contributed by atoms with Crippen molar-refractivity contribution >= 4 is 11.6 Å². The number of likely N-dealkylation sites (N-methyl/N-ethyl adjacent to an activating group) is 1. The van der Waals surface area contributed by atoms with E-state index in [1.807, 2.05) is 55.3 Å². The van der Waals surface area contributed by atoms with Gasteiger partial charge in [0.25, 0.3) is 5.91 Å². The van der Waals surface area contributed by atoms with Crippen molar-refractivity contribution in [3.8, 4) is 11.5 Å². The maximum absolute atomic E-state index is 13.1. The van der Waals surface area contributed by atoms with E-state index in [0.717, 1.165) is 34.9 Å². The second-order valence-corrected chi connectivity index (χ2v) is 6.77. The summed E-state index contributed by atoms with van der Waals surface area (Å²) >= 11 is 0. The molecule has 0 radical (unpaired) electrons. The Bertz CT molecular complexity index is 791. The van der Waals surface area contributed by atoms with Crippen molar-refractivity contribution in [2.75, 3.05) is 32.7 Å². The SMILES string of the molecule is COc1cccc(C[NH+](C)[C@@H](C)C(=O)N2CCc3ccccc32)c1OC. The van der Waals surface area contributed by atoms with Gasteiger partial charge in [-0.15, -0.1) is 0 Å². The number of fused-ring (bicyclic) bond motifs is 1. The highest BCUT2D eigenvalue weighted by atomic mass is 16.5. The Morgan fingerprint density at radius 1 is 1.15 bits per heavy atom. The number of para-hydroxylation sites is 2. The molecule has 5 heteroatoms. The van der Waals surface area contributed by atoms with E-state index in [4.69, 9.17) is 9.47 Å². The number of rotatable bonds is 6. The molecule has 138 valence electrons. The van der Waals surface area contributed by atoms with Crippen LogP contribution in [-0.4, -0.2) is 39.8 Å². The number of hydrogen-bond acceptors (Lipinski definition) is 3. The van der Waals surface area contributed by atoms with Crippen LogP contribution < -0.4 is 19.3 Å². The molecule has 1 unspecified atom stereocenters. The van der Waals surface area contributed by atoms with Crippen LogP contribution >= 0.6 is 0 Å². The maximum atomic E-state index is 13.1. The first kappa shape index (κ1) is 18.3. The van der Waals surface area contributed by atoms with E-state index in [2.05, 4.69) is 6.07 Å². The number of anilines is 1. The van der Waals surface area contributed by atoms with Gasteiger partial charge >= 0.3 is 0 Å². The van der Waals surface area contributed by atoms with Crippen LogP contribution in [0.25, 0.3) is 0 Å². The summed E-state index contributed by atoms with van der Waals surface area (Å²) in [4.78, 5) is 16.1. The molecule has 0 aliphatic carbocycles. The van der Waals surface area contributed by atoms with Crippen LogP contribution in [0, 0.1) is 0 Å². The quantitative estimate of drug-likeness (QED) is 0.858. The number of amides is 1. The van der Waals surface area contributed by atoms with Gasteiger partial charge in [0.2, 0.25) is 0 Å². The molecule has 0 saturated carbocycles. The Morgan fingerprint density at radius 3 is 2.65 bits per heavy atom. The third-order valence-corrected chi connectivity index (χ3v) is 5.22. The minimum Gasteiger partial charge on any atom is -0.493 e.